The Kier molecular flexibility index (Phi) is 4.45. The molecule has 1 aromatic rings. The lowest BCUT2D eigenvalue weighted by atomic mass is 9.76. The zero-order valence-electron chi connectivity index (χ0n) is 11.2. The minimum absolute atomic E-state index is 0.226. The Morgan fingerprint density at radius 2 is 2.17 bits per heavy atom. The summed E-state index contributed by atoms with van der Waals surface area (Å²) in [6, 6.07) is 5.59. The van der Waals surface area contributed by atoms with Gasteiger partial charge in [0, 0.05) is 16.5 Å². The molecule has 1 nitrogen and oxygen atoms in total. The fourth-order valence-corrected chi connectivity index (χ4v) is 3.25. The van der Waals surface area contributed by atoms with Gasteiger partial charge < -0.3 is 0 Å². The quantitative estimate of drug-likeness (QED) is 0.699. The van der Waals surface area contributed by atoms with E-state index in [0.29, 0.717) is 10.8 Å². The predicted octanol–water partition coefficient (Wildman–Crippen LogP) is 5.05. The Morgan fingerprint density at radius 3 is 2.83 bits per heavy atom. The lowest BCUT2D eigenvalue weighted by Crippen LogP contribution is -2.23. The van der Waals surface area contributed by atoms with Crippen LogP contribution in [0.1, 0.15) is 54.9 Å². The number of ketones is 1. The second-order valence-corrected chi connectivity index (χ2v) is 5.90. The van der Waals surface area contributed by atoms with Crippen molar-refractivity contribution in [1.82, 2.24) is 0 Å². The van der Waals surface area contributed by atoms with E-state index in [9.17, 15) is 4.79 Å². The summed E-state index contributed by atoms with van der Waals surface area (Å²) < 4.78 is 0. The standard InChI is InChI=1S/C16H21ClO/c1-3-12-5-4-6-13(10-12)16(18)15-8-7-14(17)9-11(15)2/h7-9,12-13H,3-6,10H2,1-2H3. The molecule has 2 heteroatoms. The van der Waals surface area contributed by atoms with Gasteiger partial charge in [0.1, 0.15) is 0 Å². The fraction of sp³-hybridized carbons (Fsp3) is 0.562. The Hall–Kier alpha value is -0.820. The summed E-state index contributed by atoms with van der Waals surface area (Å²) in [7, 11) is 0. The third-order valence-electron chi connectivity index (χ3n) is 4.18. The molecule has 0 amide bonds. The zero-order valence-corrected chi connectivity index (χ0v) is 12.0. The summed E-state index contributed by atoms with van der Waals surface area (Å²) in [6.07, 6.45) is 5.81. The van der Waals surface area contributed by atoms with Gasteiger partial charge in [0.25, 0.3) is 0 Å². The van der Waals surface area contributed by atoms with Crippen LogP contribution in [0, 0.1) is 18.8 Å². The van der Waals surface area contributed by atoms with Crippen molar-refractivity contribution in [2.75, 3.05) is 0 Å². The average molecular weight is 265 g/mol. The van der Waals surface area contributed by atoms with Crippen LogP contribution < -0.4 is 0 Å². The molecule has 0 bridgehead atoms. The van der Waals surface area contributed by atoms with Crippen molar-refractivity contribution in [3.63, 3.8) is 0 Å². The lowest BCUT2D eigenvalue weighted by molar-refractivity contribution is 0.0861. The van der Waals surface area contributed by atoms with Crippen molar-refractivity contribution in [2.45, 2.75) is 46.0 Å². The van der Waals surface area contributed by atoms with E-state index in [1.165, 1.54) is 19.3 Å². The van der Waals surface area contributed by atoms with Gasteiger partial charge in [0.15, 0.2) is 5.78 Å². The first-order valence-electron chi connectivity index (χ1n) is 6.92. The van der Waals surface area contributed by atoms with Crippen LogP contribution in [0.15, 0.2) is 18.2 Å². The molecule has 1 aliphatic rings. The van der Waals surface area contributed by atoms with E-state index in [2.05, 4.69) is 6.92 Å². The molecule has 0 heterocycles. The minimum atomic E-state index is 0.226. The molecule has 2 unspecified atom stereocenters. The number of carbonyl (C=O) groups excluding carboxylic acids is 1. The van der Waals surface area contributed by atoms with Gasteiger partial charge in [0.05, 0.1) is 0 Å². The molecule has 0 N–H and O–H groups in total. The molecule has 0 aromatic heterocycles. The van der Waals surface area contributed by atoms with Crippen molar-refractivity contribution in [3.05, 3.63) is 34.3 Å². The van der Waals surface area contributed by atoms with Crippen LogP contribution in [-0.4, -0.2) is 5.78 Å². The van der Waals surface area contributed by atoms with E-state index in [1.54, 1.807) is 0 Å². The van der Waals surface area contributed by atoms with Gasteiger partial charge in [-0.2, -0.15) is 0 Å². The van der Waals surface area contributed by atoms with Crippen molar-refractivity contribution in [1.29, 1.82) is 0 Å². The molecule has 1 fully saturated rings. The zero-order chi connectivity index (χ0) is 13.1. The van der Waals surface area contributed by atoms with E-state index >= 15 is 0 Å². The molecule has 1 aliphatic carbocycles. The van der Waals surface area contributed by atoms with Gasteiger partial charge in [0.2, 0.25) is 0 Å². The fourth-order valence-electron chi connectivity index (χ4n) is 3.02. The Bertz CT molecular complexity index is 439. The lowest BCUT2D eigenvalue weighted by Gasteiger charge is -2.27. The summed E-state index contributed by atoms with van der Waals surface area (Å²) in [4.78, 5) is 12.6. The molecule has 2 atom stereocenters. The summed E-state index contributed by atoms with van der Waals surface area (Å²) in [5.74, 6) is 1.28. The third kappa shape index (κ3) is 2.95. The van der Waals surface area contributed by atoms with E-state index < -0.39 is 0 Å². The van der Waals surface area contributed by atoms with Crippen LogP contribution in [0.2, 0.25) is 5.02 Å². The highest BCUT2D eigenvalue weighted by atomic mass is 35.5. The molecule has 98 valence electrons. The first kappa shape index (κ1) is 13.6. The Labute approximate surface area is 115 Å². The van der Waals surface area contributed by atoms with E-state index in [4.69, 9.17) is 11.6 Å². The highest BCUT2D eigenvalue weighted by Crippen LogP contribution is 2.33. The number of Topliss-reactive ketones (excluding diaryl/α,β-unsaturated/α-hetero) is 1. The van der Waals surface area contributed by atoms with Gasteiger partial charge in [-0.1, -0.05) is 37.8 Å². The van der Waals surface area contributed by atoms with Crippen LogP contribution >= 0.6 is 11.6 Å². The van der Waals surface area contributed by atoms with Gasteiger partial charge in [-0.3, -0.25) is 4.79 Å². The normalized spacial score (nSPS) is 23.9. The maximum absolute atomic E-state index is 12.6. The minimum Gasteiger partial charge on any atom is -0.294 e. The van der Waals surface area contributed by atoms with Crippen molar-refractivity contribution in [2.24, 2.45) is 11.8 Å². The summed E-state index contributed by atoms with van der Waals surface area (Å²) in [5.41, 5.74) is 1.87. The number of aryl methyl sites for hydroxylation is 1. The Balaban J connectivity index is 2.15. The van der Waals surface area contributed by atoms with Gasteiger partial charge in [-0.15, -0.1) is 0 Å². The van der Waals surface area contributed by atoms with Crippen LogP contribution in [0.4, 0.5) is 0 Å². The second kappa shape index (κ2) is 5.88. The molecule has 2 rings (SSSR count). The average Bonchev–Trinajstić information content (AvgIpc) is 2.38. The first-order valence-corrected chi connectivity index (χ1v) is 7.30. The third-order valence-corrected chi connectivity index (χ3v) is 4.42. The largest absolute Gasteiger partial charge is 0.294 e. The molecule has 0 spiro atoms. The van der Waals surface area contributed by atoms with Gasteiger partial charge >= 0.3 is 0 Å². The summed E-state index contributed by atoms with van der Waals surface area (Å²) >= 11 is 5.94. The van der Waals surface area contributed by atoms with Gasteiger partial charge in [-0.25, -0.2) is 0 Å². The SMILES string of the molecule is CCC1CCCC(C(=O)c2ccc(Cl)cc2C)C1. The highest BCUT2D eigenvalue weighted by molar-refractivity contribution is 6.30. The molecular formula is C16H21ClO. The number of hydrogen-bond acceptors (Lipinski definition) is 1. The number of benzene rings is 1. The van der Waals surface area contributed by atoms with Crippen LogP contribution in [-0.2, 0) is 0 Å². The highest BCUT2D eigenvalue weighted by Gasteiger charge is 2.27. The number of rotatable bonds is 3. The van der Waals surface area contributed by atoms with Crippen LogP contribution in [0.25, 0.3) is 0 Å². The maximum Gasteiger partial charge on any atom is 0.166 e. The smallest absolute Gasteiger partial charge is 0.166 e. The van der Waals surface area contributed by atoms with Crippen LogP contribution in [0.5, 0.6) is 0 Å². The number of carbonyl (C=O) groups is 1. The number of halogens is 1. The molecular weight excluding hydrogens is 244 g/mol. The van der Waals surface area contributed by atoms with E-state index in [-0.39, 0.29) is 5.92 Å². The number of hydrogen-bond donors (Lipinski definition) is 0. The molecule has 0 aliphatic heterocycles. The predicted molar refractivity (Wildman–Crippen MR) is 76.3 cm³/mol. The summed E-state index contributed by atoms with van der Waals surface area (Å²) in [6.45, 7) is 4.20. The molecule has 0 saturated heterocycles. The monoisotopic (exact) mass is 264 g/mol. The maximum atomic E-state index is 12.6. The van der Waals surface area contributed by atoms with E-state index in [1.807, 2.05) is 25.1 Å². The van der Waals surface area contributed by atoms with Crippen molar-refractivity contribution >= 4 is 17.4 Å². The second-order valence-electron chi connectivity index (χ2n) is 5.46. The molecule has 0 radical (unpaired) electrons. The topological polar surface area (TPSA) is 17.1 Å². The summed E-state index contributed by atoms with van der Waals surface area (Å²) in [5, 5.41) is 0.708. The Morgan fingerprint density at radius 1 is 1.39 bits per heavy atom. The first-order chi connectivity index (χ1) is 8.61. The van der Waals surface area contributed by atoms with E-state index in [0.717, 1.165) is 29.9 Å². The van der Waals surface area contributed by atoms with Gasteiger partial charge in [-0.05, 0) is 49.4 Å². The van der Waals surface area contributed by atoms with Crippen molar-refractivity contribution < 1.29 is 4.79 Å². The molecule has 1 saturated carbocycles. The molecule has 1 aromatic carbocycles. The molecule has 18 heavy (non-hydrogen) atoms. The van der Waals surface area contributed by atoms with Crippen molar-refractivity contribution in [3.8, 4) is 0 Å². The van der Waals surface area contributed by atoms with Crippen LogP contribution in [0.3, 0.4) is 0 Å².